The van der Waals surface area contributed by atoms with Gasteiger partial charge >= 0.3 is 0 Å². The Kier molecular flexibility index (Phi) is 3.81. The maximum atomic E-state index is 5.86. The number of fused-ring (bicyclic) bond motifs is 1. The summed E-state index contributed by atoms with van der Waals surface area (Å²) in [6, 6.07) is 15.5. The molecular formula is C17H19BrN2. The summed E-state index contributed by atoms with van der Waals surface area (Å²) in [5.74, 6) is 0. The number of anilines is 1. The molecule has 2 nitrogen and oxygen atoms in total. The number of nitrogen functional groups attached to an aromatic ring is 1. The molecule has 0 aliphatic heterocycles. The van der Waals surface area contributed by atoms with Crippen LogP contribution in [-0.2, 0) is 6.42 Å². The Labute approximate surface area is 128 Å². The van der Waals surface area contributed by atoms with E-state index in [2.05, 4.69) is 64.6 Å². The second-order valence-corrected chi connectivity index (χ2v) is 6.41. The van der Waals surface area contributed by atoms with Crippen molar-refractivity contribution in [3.05, 3.63) is 63.6 Å². The van der Waals surface area contributed by atoms with Gasteiger partial charge in [-0.2, -0.15) is 0 Å². The molecule has 3 heteroatoms. The summed E-state index contributed by atoms with van der Waals surface area (Å²) >= 11 is 3.54. The number of halogens is 1. The maximum absolute atomic E-state index is 5.86. The monoisotopic (exact) mass is 330 g/mol. The SMILES string of the molecule is C[C@@H](NC1CCc2cc(N)ccc21)c1cccc(Br)c1. The number of nitrogens with two attached hydrogens (primary N) is 1. The first-order valence-electron chi connectivity index (χ1n) is 7.03. The zero-order chi connectivity index (χ0) is 14.1. The van der Waals surface area contributed by atoms with Crippen LogP contribution in [0.15, 0.2) is 46.9 Å². The van der Waals surface area contributed by atoms with Gasteiger partial charge in [0.15, 0.2) is 0 Å². The topological polar surface area (TPSA) is 38.0 Å². The first-order valence-corrected chi connectivity index (χ1v) is 7.82. The zero-order valence-electron chi connectivity index (χ0n) is 11.6. The van der Waals surface area contributed by atoms with Crippen molar-refractivity contribution in [3.8, 4) is 0 Å². The molecule has 104 valence electrons. The van der Waals surface area contributed by atoms with Gasteiger partial charge in [-0.1, -0.05) is 34.1 Å². The smallest absolute Gasteiger partial charge is 0.0331 e. The molecule has 0 heterocycles. The first kappa shape index (κ1) is 13.7. The van der Waals surface area contributed by atoms with E-state index in [1.807, 2.05) is 6.07 Å². The largest absolute Gasteiger partial charge is 0.399 e. The van der Waals surface area contributed by atoms with E-state index in [9.17, 15) is 0 Å². The minimum absolute atomic E-state index is 0.334. The van der Waals surface area contributed by atoms with E-state index in [0.29, 0.717) is 12.1 Å². The van der Waals surface area contributed by atoms with Crippen LogP contribution in [0.25, 0.3) is 0 Å². The average Bonchev–Trinajstić information content (AvgIpc) is 2.81. The summed E-state index contributed by atoms with van der Waals surface area (Å²) in [5, 5.41) is 3.74. The molecule has 0 radical (unpaired) electrons. The Morgan fingerprint density at radius 1 is 1.25 bits per heavy atom. The van der Waals surface area contributed by atoms with Gasteiger partial charge in [-0.15, -0.1) is 0 Å². The lowest BCUT2D eigenvalue weighted by atomic mass is 10.0. The fourth-order valence-electron chi connectivity index (χ4n) is 2.98. The molecule has 1 aliphatic carbocycles. The quantitative estimate of drug-likeness (QED) is 0.820. The minimum atomic E-state index is 0.334. The van der Waals surface area contributed by atoms with E-state index in [-0.39, 0.29) is 0 Å². The highest BCUT2D eigenvalue weighted by Crippen LogP contribution is 2.34. The van der Waals surface area contributed by atoms with Gasteiger partial charge in [0.1, 0.15) is 0 Å². The molecule has 2 atom stereocenters. The van der Waals surface area contributed by atoms with Gasteiger partial charge in [0.2, 0.25) is 0 Å². The van der Waals surface area contributed by atoms with Crippen molar-refractivity contribution in [2.45, 2.75) is 31.8 Å². The number of hydrogen-bond donors (Lipinski definition) is 2. The predicted octanol–water partition coefficient (Wildman–Crippen LogP) is 4.37. The van der Waals surface area contributed by atoms with Crippen molar-refractivity contribution in [2.75, 3.05) is 5.73 Å². The van der Waals surface area contributed by atoms with Gasteiger partial charge in [0, 0.05) is 22.2 Å². The molecule has 3 N–H and O–H groups in total. The molecule has 3 rings (SSSR count). The highest BCUT2D eigenvalue weighted by Gasteiger charge is 2.23. The van der Waals surface area contributed by atoms with E-state index in [4.69, 9.17) is 5.73 Å². The fourth-order valence-corrected chi connectivity index (χ4v) is 3.40. The van der Waals surface area contributed by atoms with Crippen molar-refractivity contribution >= 4 is 21.6 Å². The summed E-state index contributed by atoms with van der Waals surface area (Å²) in [6.45, 7) is 2.22. The zero-order valence-corrected chi connectivity index (χ0v) is 13.2. The van der Waals surface area contributed by atoms with Crippen LogP contribution >= 0.6 is 15.9 Å². The van der Waals surface area contributed by atoms with Gasteiger partial charge in [-0.05, 0) is 60.7 Å². The first-order chi connectivity index (χ1) is 9.63. The molecule has 0 fully saturated rings. The number of aryl methyl sites for hydroxylation is 1. The van der Waals surface area contributed by atoms with Gasteiger partial charge in [0.05, 0.1) is 0 Å². The lowest BCUT2D eigenvalue weighted by Crippen LogP contribution is -2.23. The van der Waals surface area contributed by atoms with E-state index in [1.165, 1.54) is 16.7 Å². The average molecular weight is 331 g/mol. The standard InChI is InChI=1S/C17H19BrN2/c1-11(12-3-2-4-14(18)9-12)20-17-8-5-13-10-15(19)6-7-16(13)17/h2-4,6-7,9-11,17,20H,5,8,19H2,1H3/t11-,17?/m1/s1. The number of nitrogens with one attached hydrogen (secondary N) is 1. The summed E-state index contributed by atoms with van der Waals surface area (Å²) in [7, 11) is 0. The summed E-state index contributed by atoms with van der Waals surface area (Å²) in [4.78, 5) is 0. The lowest BCUT2D eigenvalue weighted by molar-refractivity contribution is 0.465. The Morgan fingerprint density at radius 3 is 2.90 bits per heavy atom. The summed E-state index contributed by atoms with van der Waals surface area (Å²) in [6.07, 6.45) is 2.26. The fraction of sp³-hybridized carbons (Fsp3) is 0.294. The molecule has 2 aromatic carbocycles. The Hall–Kier alpha value is -1.32. The third-order valence-electron chi connectivity index (χ3n) is 4.04. The number of benzene rings is 2. The van der Waals surface area contributed by atoms with E-state index >= 15 is 0 Å². The molecule has 0 bridgehead atoms. The molecule has 2 aromatic rings. The molecule has 1 aliphatic rings. The van der Waals surface area contributed by atoms with Crippen LogP contribution in [0.4, 0.5) is 5.69 Å². The molecule has 0 saturated carbocycles. The van der Waals surface area contributed by atoms with Crippen molar-refractivity contribution in [2.24, 2.45) is 0 Å². The van der Waals surface area contributed by atoms with E-state index in [0.717, 1.165) is 23.0 Å². The van der Waals surface area contributed by atoms with Gasteiger partial charge in [-0.25, -0.2) is 0 Å². The van der Waals surface area contributed by atoms with Crippen molar-refractivity contribution in [1.29, 1.82) is 0 Å². The molecule has 1 unspecified atom stereocenters. The second-order valence-electron chi connectivity index (χ2n) is 5.49. The normalized spacial score (nSPS) is 18.8. The van der Waals surface area contributed by atoms with Gasteiger partial charge < -0.3 is 11.1 Å². The third kappa shape index (κ3) is 2.74. The van der Waals surface area contributed by atoms with Gasteiger partial charge in [0.25, 0.3) is 0 Å². The Morgan fingerprint density at radius 2 is 2.10 bits per heavy atom. The molecule has 0 spiro atoms. The van der Waals surface area contributed by atoms with Crippen LogP contribution in [-0.4, -0.2) is 0 Å². The van der Waals surface area contributed by atoms with Crippen LogP contribution < -0.4 is 11.1 Å². The minimum Gasteiger partial charge on any atom is -0.399 e. The molecule has 0 aromatic heterocycles. The summed E-state index contributed by atoms with van der Waals surface area (Å²) in [5.41, 5.74) is 10.8. The molecule has 0 saturated heterocycles. The third-order valence-corrected chi connectivity index (χ3v) is 4.54. The number of rotatable bonds is 3. The molecule has 20 heavy (non-hydrogen) atoms. The highest BCUT2D eigenvalue weighted by atomic mass is 79.9. The highest BCUT2D eigenvalue weighted by molar-refractivity contribution is 9.10. The van der Waals surface area contributed by atoms with Crippen LogP contribution in [0.5, 0.6) is 0 Å². The maximum Gasteiger partial charge on any atom is 0.0331 e. The summed E-state index contributed by atoms with van der Waals surface area (Å²) < 4.78 is 1.13. The number of hydrogen-bond acceptors (Lipinski definition) is 2. The molecular weight excluding hydrogens is 312 g/mol. The van der Waals surface area contributed by atoms with Crippen LogP contribution in [0, 0.1) is 0 Å². The lowest BCUT2D eigenvalue weighted by Gasteiger charge is -2.21. The Bertz CT molecular complexity index is 624. The van der Waals surface area contributed by atoms with E-state index in [1.54, 1.807) is 0 Å². The van der Waals surface area contributed by atoms with Crippen molar-refractivity contribution in [3.63, 3.8) is 0 Å². The van der Waals surface area contributed by atoms with Crippen LogP contribution in [0.1, 0.15) is 42.1 Å². The second kappa shape index (κ2) is 5.58. The van der Waals surface area contributed by atoms with E-state index < -0.39 is 0 Å². The van der Waals surface area contributed by atoms with Crippen LogP contribution in [0.2, 0.25) is 0 Å². The predicted molar refractivity (Wildman–Crippen MR) is 87.6 cm³/mol. The van der Waals surface area contributed by atoms with Crippen LogP contribution in [0.3, 0.4) is 0 Å². The van der Waals surface area contributed by atoms with Gasteiger partial charge in [-0.3, -0.25) is 0 Å². The Balaban J connectivity index is 1.77. The van der Waals surface area contributed by atoms with Crippen molar-refractivity contribution in [1.82, 2.24) is 5.32 Å². The van der Waals surface area contributed by atoms with Crippen molar-refractivity contribution < 1.29 is 0 Å². The molecule has 0 amide bonds.